The zero-order valence-corrected chi connectivity index (χ0v) is 13.9. The minimum absolute atomic E-state index is 0.0451. The normalized spacial score (nSPS) is 12.5. The van der Waals surface area contributed by atoms with Gasteiger partial charge in [-0.2, -0.15) is 0 Å². The van der Waals surface area contributed by atoms with E-state index in [1.807, 2.05) is 51.2 Å². The van der Waals surface area contributed by atoms with Crippen molar-refractivity contribution < 1.29 is 4.79 Å². The molecule has 0 aromatic heterocycles. The zero-order valence-electron chi connectivity index (χ0n) is 13.1. The number of carbonyl (C=O) groups excluding carboxylic acids is 1. The molecule has 21 heavy (non-hydrogen) atoms. The first kappa shape index (κ1) is 17.6. The molecule has 5 nitrogen and oxygen atoms in total. The molecule has 1 unspecified atom stereocenters. The van der Waals surface area contributed by atoms with E-state index in [1.54, 1.807) is 6.07 Å². The Kier molecular flexibility index (Phi) is 6.74. The topological polar surface area (TPSA) is 61.6 Å². The van der Waals surface area contributed by atoms with Crippen LogP contribution in [-0.4, -0.2) is 61.0 Å². The molecule has 1 amide bonds. The predicted molar refractivity (Wildman–Crippen MR) is 91.6 cm³/mol. The Morgan fingerprint density at radius 2 is 2.00 bits per heavy atom. The molecule has 1 aromatic carbocycles. The Balaban J connectivity index is 2.63. The molecule has 6 heteroatoms. The van der Waals surface area contributed by atoms with Gasteiger partial charge in [-0.05, 0) is 40.2 Å². The van der Waals surface area contributed by atoms with E-state index in [0.717, 1.165) is 18.7 Å². The Hall–Kier alpha value is -1.50. The first-order valence-electron chi connectivity index (χ1n) is 6.87. The zero-order chi connectivity index (χ0) is 16.0. The second kappa shape index (κ2) is 8.07. The number of rotatable bonds is 7. The van der Waals surface area contributed by atoms with Crippen molar-refractivity contribution in [3.05, 3.63) is 29.8 Å². The molecule has 0 saturated carbocycles. The number of hydrogen-bond acceptors (Lipinski definition) is 4. The lowest BCUT2D eigenvalue weighted by molar-refractivity contribution is -0.120. The Bertz CT molecular complexity index is 504. The van der Waals surface area contributed by atoms with Gasteiger partial charge in [0, 0.05) is 24.3 Å². The van der Waals surface area contributed by atoms with Gasteiger partial charge in [-0.15, -0.1) is 0 Å². The summed E-state index contributed by atoms with van der Waals surface area (Å²) >= 11 is 4.94. The van der Waals surface area contributed by atoms with Crippen LogP contribution in [0.15, 0.2) is 24.3 Å². The summed E-state index contributed by atoms with van der Waals surface area (Å²) in [4.78, 5) is 16.7. The van der Waals surface area contributed by atoms with Crippen LogP contribution in [0.25, 0.3) is 0 Å². The smallest absolute Gasteiger partial charge is 0.241 e. The van der Waals surface area contributed by atoms with Gasteiger partial charge in [0.1, 0.15) is 4.99 Å². The summed E-state index contributed by atoms with van der Waals surface area (Å²) in [6, 6.07) is 7.05. The molecular weight excluding hydrogens is 284 g/mol. The number of benzene rings is 1. The Labute approximate surface area is 132 Å². The van der Waals surface area contributed by atoms with Gasteiger partial charge >= 0.3 is 0 Å². The summed E-state index contributed by atoms with van der Waals surface area (Å²) in [6.45, 7) is 3.63. The van der Waals surface area contributed by atoms with Gasteiger partial charge in [-0.1, -0.05) is 24.4 Å². The van der Waals surface area contributed by atoms with Crippen LogP contribution in [0.3, 0.4) is 0 Å². The molecular formula is C15H24N4OS. The van der Waals surface area contributed by atoms with E-state index in [1.165, 1.54) is 0 Å². The maximum absolute atomic E-state index is 12.2. The average Bonchev–Trinajstić information content (AvgIpc) is 2.44. The lowest BCUT2D eigenvalue weighted by Crippen LogP contribution is -2.42. The van der Waals surface area contributed by atoms with Crippen molar-refractivity contribution in [2.75, 3.05) is 39.5 Å². The SMILES string of the molecule is CC(C(=O)Nc1cccc(C(N)=S)c1)N(C)CCN(C)C. The van der Waals surface area contributed by atoms with Gasteiger partial charge in [0.05, 0.1) is 6.04 Å². The lowest BCUT2D eigenvalue weighted by atomic mass is 10.2. The van der Waals surface area contributed by atoms with E-state index < -0.39 is 0 Å². The second-order valence-corrected chi connectivity index (χ2v) is 5.83. The van der Waals surface area contributed by atoms with Crippen molar-refractivity contribution in [2.24, 2.45) is 5.73 Å². The quantitative estimate of drug-likeness (QED) is 0.740. The molecule has 1 aromatic rings. The first-order valence-corrected chi connectivity index (χ1v) is 7.27. The molecule has 0 saturated heterocycles. The molecule has 0 bridgehead atoms. The molecule has 0 spiro atoms. The van der Waals surface area contributed by atoms with Gasteiger partial charge in [0.25, 0.3) is 0 Å². The highest BCUT2D eigenvalue weighted by Crippen LogP contribution is 2.11. The van der Waals surface area contributed by atoms with Crippen molar-refractivity contribution in [3.8, 4) is 0 Å². The fourth-order valence-electron chi connectivity index (χ4n) is 1.75. The van der Waals surface area contributed by atoms with Crippen LogP contribution in [0.2, 0.25) is 0 Å². The number of thiocarbonyl (C=S) groups is 1. The molecule has 0 aliphatic carbocycles. The summed E-state index contributed by atoms with van der Waals surface area (Å²) in [5.74, 6) is -0.0451. The van der Waals surface area contributed by atoms with Gasteiger partial charge in [0.2, 0.25) is 5.91 Å². The van der Waals surface area contributed by atoms with Crippen LogP contribution >= 0.6 is 12.2 Å². The summed E-state index contributed by atoms with van der Waals surface area (Å²) in [5.41, 5.74) is 7.05. The third-order valence-corrected chi connectivity index (χ3v) is 3.59. The van der Waals surface area contributed by atoms with E-state index in [2.05, 4.69) is 10.2 Å². The highest BCUT2D eigenvalue weighted by molar-refractivity contribution is 7.80. The second-order valence-electron chi connectivity index (χ2n) is 5.39. The fraction of sp³-hybridized carbons (Fsp3) is 0.467. The molecule has 1 rings (SSSR count). The van der Waals surface area contributed by atoms with Gasteiger partial charge < -0.3 is 16.0 Å². The highest BCUT2D eigenvalue weighted by Gasteiger charge is 2.18. The number of nitrogens with one attached hydrogen (secondary N) is 1. The summed E-state index contributed by atoms with van der Waals surface area (Å²) in [5, 5.41) is 2.90. The van der Waals surface area contributed by atoms with Crippen LogP contribution in [0.5, 0.6) is 0 Å². The maximum atomic E-state index is 12.2. The van der Waals surface area contributed by atoms with Crippen molar-refractivity contribution in [1.29, 1.82) is 0 Å². The van der Waals surface area contributed by atoms with Gasteiger partial charge in [-0.25, -0.2) is 0 Å². The van der Waals surface area contributed by atoms with E-state index in [0.29, 0.717) is 10.7 Å². The van der Waals surface area contributed by atoms with Crippen molar-refractivity contribution >= 4 is 28.8 Å². The third kappa shape index (κ3) is 5.79. The molecule has 0 radical (unpaired) electrons. The molecule has 0 fully saturated rings. The number of nitrogens with zero attached hydrogens (tertiary/aromatic N) is 2. The lowest BCUT2D eigenvalue weighted by Gasteiger charge is -2.25. The molecule has 0 aliphatic rings. The van der Waals surface area contributed by atoms with E-state index >= 15 is 0 Å². The number of amides is 1. The number of likely N-dealkylation sites (N-methyl/N-ethyl adjacent to an activating group) is 2. The van der Waals surface area contributed by atoms with Gasteiger partial charge in [-0.3, -0.25) is 9.69 Å². The summed E-state index contributed by atoms with van der Waals surface area (Å²) in [6.07, 6.45) is 0. The number of nitrogens with two attached hydrogens (primary N) is 1. The molecule has 3 N–H and O–H groups in total. The molecule has 0 aliphatic heterocycles. The number of hydrogen-bond donors (Lipinski definition) is 2. The van der Waals surface area contributed by atoms with Crippen molar-refractivity contribution in [2.45, 2.75) is 13.0 Å². The van der Waals surface area contributed by atoms with Crippen LogP contribution in [0.4, 0.5) is 5.69 Å². The van der Waals surface area contributed by atoms with E-state index in [9.17, 15) is 4.79 Å². The predicted octanol–water partition coefficient (Wildman–Crippen LogP) is 1.14. The van der Waals surface area contributed by atoms with E-state index in [-0.39, 0.29) is 11.9 Å². The summed E-state index contributed by atoms with van der Waals surface area (Å²) < 4.78 is 0. The standard InChI is InChI=1S/C15H24N4OS/c1-11(19(4)9-8-18(2)3)15(20)17-13-7-5-6-12(10-13)14(16)21/h5-7,10-11H,8-9H2,1-4H3,(H2,16,21)(H,17,20). The minimum atomic E-state index is -0.210. The molecule has 116 valence electrons. The highest BCUT2D eigenvalue weighted by atomic mass is 32.1. The third-order valence-electron chi connectivity index (χ3n) is 3.36. The largest absolute Gasteiger partial charge is 0.389 e. The van der Waals surface area contributed by atoms with E-state index in [4.69, 9.17) is 18.0 Å². The average molecular weight is 308 g/mol. The van der Waals surface area contributed by atoms with Crippen LogP contribution in [-0.2, 0) is 4.79 Å². The Morgan fingerprint density at radius 3 is 2.57 bits per heavy atom. The Morgan fingerprint density at radius 1 is 1.33 bits per heavy atom. The minimum Gasteiger partial charge on any atom is -0.389 e. The van der Waals surface area contributed by atoms with Gasteiger partial charge in [0.15, 0.2) is 0 Å². The van der Waals surface area contributed by atoms with Crippen molar-refractivity contribution in [1.82, 2.24) is 9.80 Å². The molecule has 0 heterocycles. The fourth-order valence-corrected chi connectivity index (χ4v) is 1.88. The van der Waals surface area contributed by atoms with Crippen LogP contribution in [0.1, 0.15) is 12.5 Å². The monoisotopic (exact) mass is 308 g/mol. The van der Waals surface area contributed by atoms with Crippen LogP contribution < -0.4 is 11.1 Å². The maximum Gasteiger partial charge on any atom is 0.241 e. The summed E-state index contributed by atoms with van der Waals surface area (Å²) in [7, 11) is 5.97. The van der Waals surface area contributed by atoms with Crippen molar-refractivity contribution in [3.63, 3.8) is 0 Å². The first-order chi connectivity index (χ1) is 9.81. The number of anilines is 1. The molecule has 1 atom stereocenters. The number of carbonyl (C=O) groups is 1. The van der Waals surface area contributed by atoms with Crippen LogP contribution in [0, 0.1) is 0 Å².